The molecule has 0 fully saturated rings. The summed E-state index contributed by atoms with van der Waals surface area (Å²) in [5.41, 5.74) is 10.0. The molecule has 2 heteroatoms. The summed E-state index contributed by atoms with van der Waals surface area (Å²) in [7, 11) is 0. The van der Waals surface area contributed by atoms with Crippen molar-refractivity contribution >= 4 is 0 Å². The molecule has 1 aromatic heterocycles. The number of aromatic nitrogens is 1. The summed E-state index contributed by atoms with van der Waals surface area (Å²) in [5, 5.41) is 0. The molecule has 0 saturated heterocycles. The van der Waals surface area contributed by atoms with Crippen LogP contribution < -0.4 is 5.73 Å². The molecule has 0 aliphatic rings. The first-order valence-electron chi connectivity index (χ1n) is 7.39. The highest BCUT2D eigenvalue weighted by Gasteiger charge is 2.08. The molecule has 1 aromatic carbocycles. The van der Waals surface area contributed by atoms with Crippen LogP contribution in [0.5, 0.6) is 0 Å². The van der Waals surface area contributed by atoms with Gasteiger partial charge in [0, 0.05) is 17.9 Å². The summed E-state index contributed by atoms with van der Waals surface area (Å²) in [6, 6.07) is 14.8. The SMILES string of the molecule is CC(C)Cc1cccc(C(N)CCc2ccccn2)c1. The van der Waals surface area contributed by atoms with Gasteiger partial charge in [0.05, 0.1) is 0 Å². The second kappa shape index (κ2) is 7.20. The van der Waals surface area contributed by atoms with Crippen molar-refractivity contribution in [2.24, 2.45) is 11.7 Å². The molecule has 0 aliphatic heterocycles. The van der Waals surface area contributed by atoms with Crippen LogP contribution in [0, 0.1) is 5.92 Å². The summed E-state index contributed by atoms with van der Waals surface area (Å²) in [6.45, 7) is 4.49. The maximum Gasteiger partial charge on any atom is 0.0404 e. The van der Waals surface area contributed by atoms with Crippen LogP contribution in [0.25, 0.3) is 0 Å². The topological polar surface area (TPSA) is 38.9 Å². The van der Waals surface area contributed by atoms with Crippen LogP contribution in [-0.2, 0) is 12.8 Å². The second-order valence-corrected chi connectivity index (χ2v) is 5.81. The zero-order chi connectivity index (χ0) is 14.4. The summed E-state index contributed by atoms with van der Waals surface area (Å²) < 4.78 is 0. The van der Waals surface area contributed by atoms with Crippen molar-refractivity contribution in [3.05, 3.63) is 65.5 Å². The zero-order valence-electron chi connectivity index (χ0n) is 12.4. The normalized spacial score (nSPS) is 12.6. The Labute approximate surface area is 122 Å². The molecule has 0 spiro atoms. The Morgan fingerprint density at radius 2 is 1.95 bits per heavy atom. The van der Waals surface area contributed by atoms with Crippen LogP contribution in [0.4, 0.5) is 0 Å². The van der Waals surface area contributed by atoms with Crippen molar-refractivity contribution in [3.63, 3.8) is 0 Å². The highest BCUT2D eigenvalue weighted by Crippen LogP contribution is 2.19. The van der Waals surface area contributed by atoms with E-state index in [0.717, 1.165) is 25.0 Å². The molecule has 0 aliphatic carbocycles. The average molecular weight is 268 g/mol. The number of nitrogens with two attached hydrogens (primary N) is 1. The number of pyridine rings is 1. The van der Waals surface area contributed by atoms with E-state index in [-0.39, 0.29) is 6.04 Å². The number of hydrogen-bond donors (Lipinski definition) is 1. The van der Waals surface area contributed by atoms with Gasteiger partial charge in [0.1, 0.15) is 0 Å². The standard InChI is InChI=1S/C18H24N2/c1-14(2)12-15-6-5-7-16(13-15)18(19)10-9-17-8-3-4-11-20-17/h3-8,11,13-14,18H,9-10,12,19H2,1-2H3. The third-order valence-electron chi connectivity index (χ3n) is 3.46. The molecular formula is C18H24N2. The lowest BCUT2D eigenvalue weighted by atomic mass is 9.96. The van der Waals surface area contributed by atoms with E-state index < -0.39 is 0 Å². The van der Waals surface area contributed by atoms with Crippen LogP contribution >= 0.6 is 0 Å². The first-order chi connectivity index (χ1) is 9.65. The van der Waals surface area contributed by atoms with Gasteiger partial charge in [-0.05, 0) is 48.4 Å². The van der Waals surface area contributed by atoms with E-state index in [0.29, 0.717) is 5.92 Å². The third-order valence-corrected chi connectivity index (χ3v) is 3.46. The van der Waals surface area contributed by atoms with Gasteiger partial charge >= 0.3 is 0 Å². The van der Waals surface area contributed by atoms with Crippen molar-refractivity contribution in [3.8, 4) is 0 Å². The van der Waals surface area contributed by atoms with Gasteiger partial charge in [-0.15, -0.1) is 0 Å². The molecule has 0 saturated carbocycles. The van der Waals surface area contributed by atoms with E-state index in [1.54, 1.807) is 0 Å². The largest absolute Gasteiger partial charge is 0.324 e. The van der Waals surface area contributed by atoms with Crippen molar-refractivity contribution in [1.29, 1.82) is 0 Å². The third kappa shape index (κ3) is 4.46. The van der Waals surface area contributed by atoms with E-state index in [2.05, 4.69) is 49.2 Å². The molecule has 2 rings (SSSR count). The monoisotopic (exact) mass is 268 g/mol. The Bertz CT molecular complexity index is 520. The van der Waals surface area contributed by atoms with Crippen molar-refractivity contribution in [2.45, 2.75) is 39.2 Å². The van der Waals surface area contributed by atoms with Gasteiger partial charge in [-0.25, -0.2) is 0 Å². The van der Waals surface area contributed by atoms with Crippen LogP contribution in [0.2, 0.25) is 0 Å². The van der Waals surface area contributed by atoms with E-state index in [1.165, 1.54) is 11.1 Å². The van der Waals surface area contributed by atoms with Crippen molar-refractivity contribution in [1.82, 2.24) is 4.98 Å². The summed E-state index contributed by atoms with van der Waals surface area (Å²) in [5.74, 6) is 0.676. The van der Waals surface area contributed by atoms with Crippen molar-refractivity contribution < 1.29 is 0 Å². The maximum absolute atomic E-state index is 6.31. The van der Waals surface area contributed by atoms with Crippen LogP contribution in [-0.4, -0.2) is 4.98 Å². The lowest BCUT2D eigenvalue weighted by molar-refractivity contribution is 0.632. The highest BCUT2D eigenvalue weighted by molar-refractivity contribution is 5.26. The van der Waals surface area contributed by atoms with Crippen LogP contribution in [0.1, 0.15) is 43.1 Å². The van der Waals surface area contributed by atoms with Crippen LogP contribution in [0.3, 0.4) is 0 Å². The Kier molecular flexibility index (Phi) is 5.31. The lowest BCUT2D eigenvalue weighted by Gasteiger charge is -2.14. The quantitative estimate of drug-likeness (QED) is 0.862. The predicted molar refractivity (Wildman–Crippen MR) is 84.5 cm³/mol. The van der Waals surface area contributed by atoms with E-state index >= 15 is 0 Å². The fraction of sp³-hybridized carbons (Fsp3) is 0.389. The molecule has 1 atom stereocenters. The molecule has 2 N–H and O–H groups in total. The fourth-order valence-electron chi connectivity index (χ4n) is 2.44. The van der Waals surface area contributed by atoms with Gasteiger partial charge in [0.25, 0.3) is 0 Å². The van der Waals surface area contributed by atoms with Gasteiger partial charge < -0.3 is 5.73 Å². The lowest BCUT2D eigenvalue weighted by Crippen LogP contribution is -2.12. The fourth-order valence-corrected chi connectivity index (χ4v) is 2.44. The molecule has 2 nitrogen and oxygen atoms in total. The predicted octanol–water partition coefficient (Wildman–Crippen LogP) is 3.91. The zero-order valence-corrected chi connectivity index (χ0v) is 12.4. The Hall–Kier alpha value is -1.67. The molecule has 20 heavy (non-hydrogen) atoms. The molecule has 0 amide bonds. The van der Waals surface area contributed by atoms with E-state index in [9.17, 15) is 0 Å². The number of hydrogen-bond acceptors (Lipinski definition) is 2. The first-order valence-corrected chi connectivity index (χ1v) is 7.39. The molecule has 2 aromatic rings. The smallest absolute Gasteiger partial charge is 0.0404 e. The van der Waals surface area contributed by atoms with Crippen molar-refractivity contribution in [2.75, 3.05) is 0 Å². The van der Waals surface area contributed by atoms with E-state index in [1.807, 2.05) is 18.3 Å². The van der Waals surface area contributed by atoms with Gasteiger partial charge in [0.15, 0.2) is 0 Å². The van der Waals surface area contributed by atoms with Gasteiger partial charge in [-0.1, -0.05) is 44.2 Å². The Balaban J connectivity index is 1.96. The molecule has 1 unspecified atom stereocenters. The van der Waals surface area contributed by atoms with Gasteiger partial charge in [-0.3, -0.25) is 4.98 Å². The Morgan fingerprint density at radius 1 is 1.10 bits per heavy atom. The second-order valence-electron chi connectivity index (χ2n) is 5.81. The highest BCUT2D eigenvalue weighted by atomic mass is 14.7. The minimum atomic E-state index is 0.0871. The Morgan fingerprint density at radius 3 is 2.65 bits per heavy atom. The minimum Gasteiger partial charge on any atom is -0.324 e. The first kappa shape index (κ1) is 14.7. The molecule has 106 valence electrons. The summed E-state index contributed by atoms with van der Waals surface area (Å²) in [4.78, 5) is 4.35. The number of rotatable bonds is 6. The molecule has 0 bridgehead atoms. The minimum absolute atomic E-state index is 0.0871. The van der Waals surface area contributed by atoms with E-state index in [4.69, 9.17) is 5.73 Å². The molecular weight excluding hydrogens is 244 g/mol. The molecule has 1 heterocycles. The van der Waals surface area contributed by atoms with Gasteiger partial charge in [-0.2, -0.15) is 0 Å². The average Bonchev–Trinajstić information content (AvgIpc) is 2.45. The maximum atomic E-state index is 6.31. The molecule has 0 radical (unpaired) electrons. The van der Waals surface area contributed by atoms with Crippen LogP contribution in [0.15, 0.2) is 48.7 Å². The van der Waals surface area contributed by atoms with Gasteiger partial charge in [0.2, 0.25) is 0 Å². The summed E-state index contributed by atoms with van der Waals surface area (Å²) >= 11 is 0. The number of benzene rings is 1. The number of aryl methyl sites for hydroxylation is 1. The number of nitrogens with zero attached hydrogens (tertiary/aromatic N) is 1. The summed E-state index contributed by atoms with van der Waals surface area (Å²) in [6.07, 6.45) is 4.81.